The van der Waals surface area contributed by atoms with Crippen LogP contribution in [0.25, 0.3) is 5.69 Å². The predicted molar refractivity (Wildman–Crippen MR) is 81.7 cm³/mol. The van der Waals surface area contributed by atoms with Crippen LogP contribution in [-0.2, 0) is 0 Å². The van der Waals surface area contributed by atoms with Gasteiger partial charge in [0.15, 0.2) is 0 Å². The zero-order chi connectivity index (χ0) is 15.4. The lowest BCUT2D eigenvalue weighted by atomic mass is 10.3. The summed E-state index contributed by atoms with van der Waals surface area (Å²) in [7, 11) is 0. The second kappa shape index (κ2) is 5.96. The van der Waals surface area contributed by atoms with Crippen LogP contribution >= 0.6 is 0 Å². The van der Waals surface area contributed by atoms with Crippen LogP contribution in [0.3, 0.4) is 0 Å². The normalized spacial score (nSPS) is 10.9. The van der Waals surface area contributed by atoms with Crippen LogP contribution in [0.15, 0.2) is 65.8 Å². The van der Waals surface area contributed by atoms with Gasteiger partial charge >= 0.3 is 0 Å². The first kappa shape index (κ1) is 13.6. The van der Waals surface area contributed by atoms with Crippen LogP contribution in [0, 0.1) is 10.1 Å². The predicted octanol–water partition coefficient (Wildman–Crippen LogP) is 2.93. The molecule has 0 saturated heterocycles. The van der Waals surface area contributed by atoms with E-state index >= 15 is 0 Å². The fraction of sp³-hybridized carbons (Fsp3) is 0. The van der Waals surface area contributed by atoms with E-state index in [9.17, 15) is 10.1 Å². The Morgan fingerprint density at radius 1 is 1.09 bits per heavy atom. The number of benzene rings is 2. The Labute approximate surface area is 125 Å². The summed E-state index contributed by atoms with van der Waals surface area (Å²) in [6.07, 6.45) is 3.32. The second-order valence-electron chi connectivity index (χ2n) is 4.46. The van der Waals surface area contributed by atoms with E-state index in [0.29, 0.717) is 11.4 Å². The number of aliphatic imine (C=N–C) groups is 1. The molecular formula is C15H11N5O2. The summed E-state index contributed by atoms with van der Waals surface area (Å²) in [5.74, 6) is 0. The zero-order valence-electron chi connectivity index (χ0n) is 11.4. The molecule has 0 radical (unpaired) electrons. The molecule has 0 fully saturated rings. The Kier molecular flexibility index (Phi) is 3.69. The van der Waals surface area contributed by atoms with Gasteiger partial charge in [-0.15, -0.1) is 5.10 Å². The van der Waals surface area contributed by atoms with Crippen molar-refractivity contribution in [2.45, 2.75) is 0 Å². The van der Waals surface area contributed by atoms with E-state index < -0.39 is 4.92 Å². The van der Waals surface area contributed by atoms with Gasteiger partial charge in [-0.25, -0.2) is 4.68 Å². The molecule has 7 nitrogen and oxygen atoms in total. The van der Waals surface area contributed by atoms with E-state index in [2.05, 4.69) is 15.3 Å². The number of aromatic nitrogens is 3. The molecule has 108 valence electrons. The highest BCUT2D eigenvalue weighted by atomic mass is 16.6. The third-order valence-electron chi connectivity index (χ3n) is 2.94. The van der Waals surface area contributed by atoms with E-state index in [1.54, 1.807) is 24.5 Å². The molecule has 0 aliphatic heterocycles. The molecule has 0 N–H and O–H groups in total. The first-order valence-electron chi connectivity index (χ1n) is 6.49. The molecule has 1 aromatic heterocycles. The van der Waals surface area contributed by atoms with Crippen molar-refractivity contribution in [3.8, 4) is 5.69 Å². The molecule has 0 aliphatic rings. The number of nitro benzene ring substituents is 1. The molecular weight excluding hydrogens is 282 g/mol. The van der Waals surface area contributed by atoms with Gasteiger partial charge in [0.05, 0.1) is 28.7 Å². The topological polar surface area (TPSA) is 86.2 Å². The molecule has 3 rings (SSSR count). The van der Waals surface area contributed by atoms with Crippen LogP contribution in [0.2, 0.25) is 0 Å². The Morgan fingerprint density at radius 3 is 2.50 bits per heavy atom. The highest BCUT2D eigenvalue weighted by Crippen LogP contribution is 2.14. The van der Waals surface area contributed by atoms with E-state index in [-0.39, 0.29) is 5.69 Å². The van der Waals surface area contributed by atoms with Crippen LogP contribution in [0.1, 0.15) is 5.69 Å². The molecule has 0 bridgehead atoms. The Bertz CT molecular complexity index is 809. The summed E-state index contributed by atoms with van der Waals surface area (Å²) in [6.45, 7) is 0. The Hall–Kier alpha value is -3.35. The van der Waals surface area contributed by atoms with Crippen molar-refractivity contribution in [2.75, 3.05) is 0 Å². The summed E-state index contributed by atoms with van der Waals surface area (Å²) >= 11 is 0. The molecule has 7 heteroatoms. The summed E-state index contributed by atoms with van der Waals surface area (Å²) in [5.41, 5.74) is 2.15. The summed E-state index contributed by atoms with van der Waals surface area (Å²) in [6, 6.07) is 15.6. The molecule has 1 heterocycles. The molecule has 0 unspecified atom stereocenters. The van der Waals surface area contributed by atoms with Crippen LogP contribution in [0.4, 0.5) is 11.4 Å². The minimum absolute atomic E-state index is 0.0368. The molecule has 3 aromatic rings. The monoisotopic (exact) mass is 293 g/mol. The fourth-order valence-corrected chi connectivity index (χ4v) is 1.84. The number of nitro groups is 1. The third-order valence-corrected chi connectivity index (χ3v) is 2.94. The summed E-state index contributed by atoms with van der Waals surface area (Å²) in [4.78, 5) is 14.5. The van der Waals surface area contributed by atoms with Crippen molar-refractivity contribution >= 4 is 17.6 Å². The van der Waals surface area contributed by atoms with Gasteiger partial charge in [-0.1, -0.05) is 23.4 Å². The van der Waals surface area contributed by atoms with E-state index in [0.717, 1.165) is 5.69 Å². The lowest BCUT2D eigenvalue weighted by molar-refractivity contribution is -0.384. The molecule has 0 amide bonds. The van der Waals surface area contributed by atoms with E-state index in [1.165, 1.54) is 16.8 Å². The maximum Gasteiger partial charge on any atom is 0.269 e. The first-order chi connectivity index (χ1) is 10.7. The smallest absolute Gasteiger partial charge is 0.258 e. The van der Waals surface area contributed by atoms with Gasteiger partial charge in [0.1, 0.15) is 5.69 Å². The van der Waals surface area contributed by atoms with Gasteiger partial charge in [-0.2, -0.15) is 0 Å². The molecule has 0 saturated carbocycles. The van der Waals surface area contributed by atoms with Crippen molar-refractivity contribution in [3.63, 3.8) is 0 Å². The first-order valence-corrected chi connectivity index (χ1v) is 6.49. The van der Waals surface area contributed by atoms with Crippen molar-refractivity contribution in [3.05, 3.63) is 76.6 Å². The van der Waals surface area contributed by atoms with Gasteiger partial charge in [-0.05, 0) is 24.3 Å². The van der Waals surface area contributed by atoms with Crippen molar-refractivity contribution in [2.24, 2.45) is 4.99 Å². The average Bonchev–Trinajstić information content (AvgIpc) is 3.03. The minimum Gasteiger partial charge on any atom is -0.258 e. The maximum atomic E-state index is 10.6. The summed E-state index contributed by atoms with van der Waals surface area (Å²) in [5, 5.41) is 18.6. The van der Waals surface area contributed by atoms with Crippen molar-refractivity contribution in [1.29, 1.82) is 0 Å². The molecule has 0 spiro atoms. The lowest BCUT2D eigenvalue weighted by Gasteiger charge is -1.98. The Morgan fingerprint density at radius 2 is 1.82 bits per heavy atom. The highest BCUT2D eigenvalue weighted by molar-refractivity contribution is 5.79. The number of hydrogen-bond donors (Lipinski definition) is 0. The second-order valence-corrected chi connectivity index (χ2v) is 4.46. The number of rotatable bonds is 4. The van der Waals surface area contributed by atoms with Crippen LogP contribution in [0.5, 0.6) is 0 Å². The van der Waals surface area contributed by atoms with E-state index in [1.807, 2.05) is 30.3 Å². The number of nitrogens with zero attached hydrogens (tertiary/aromatic N) is 5. The van der Waals surface area contributed by atoms with Gasteiger partial charge in [0.25, 0.3) is 5.69 Å². The van der Waals surface area contributed by atoms with Gasteiger partial charge in [0, 0.05) is 12.1 Å². The zero-order valence-corrected chi connectivity index (χ0v) is 11.4. The number of para-hydroxylation sites is 1. The lowest BCUT2D eigenvalue weighted by Crippen LogP contribution is -1.95. The minimum atomic E-state index is -0.441. The number of hydrogen-bond acceptors (Lipinski definition) is 5. The van der Waals surface area contributed by atoms with Gasteiger partial charge < -0.3 is 0 Å². The van der Waals surface area contributed by atoms with Gasteiger partial charge in [-0.3, -0.25) is 15.1 Å². The SMILES string of the molecule is O=[N+]([O-])c1ccc(-n2cc(C=Nc3ccccc3)nn2)cc1. The average molecular weight is 293 g/mol. The quantitative estimate of drug-likeness (QED) is 0.420. The highest BCUT2D eigenvalue weighted by Gasteiger charge is 2.06. The molecule has 0 atom stereocenters. The molecule has 22 heavy (non-hydrogen) atoms. The van der Waals surface area contributed by atoms with Crippen LogP contribution < -0.4 is 0 Å². The van der Waals surface area contributed by atoms with Gasteiger partial charge in [0.2, 0.25) is 0 Å². The fourth-order valence-electron chi connectivity index (χ4n) is 1.84. The van der Waals surface area contributed by atoms with Crippen molar-refractivity contribution < 1.29 is 4.92 Å². The Balaban J connectivity index is 1.79. The standard InChI is InChI=1S/C15H11N5O2/c21-20(22)15-8-6-14(7-9-15)19-11-13(17-18-19)10-16-12-4-2-1-3-5-12/h1-11H. The third kappa shape index (κ3) is 3.04. The molecule has 0 aliphatic carbocycles. The van der Waals surface area contributed by atoms with Crippen LogP contribution in [-0.4, -0.2) is 26.1 Å². The molecule has 2 aromatic carbocycles. The van der Waals surface area contributed by atoms with Crippen molar-refractivity contribution in [1.82, 2.24) is 15.0 Å². The van der Waals surface area contributed by atoms with E-state index in [4.69, 9.17) is 0 Å². The maximum absolute atomic E-state index is 10.6. The number of non-ortho nitro benzene ring substituents is 1. The summed E-state index contributed by atoms with van der Waals surface area (Å²) < 4.78 is 1.54. The largest absolute Gasteiger partial charge is 0.269 e.